The maximum atomic E-state index is 12.7. The minimum atomic E-state index is -0.107. The van der Waals surface area contributed by atoms with Gasteiger partial charge in [0.1, 0.15) is 12.2 Å². The summed E-state index contributed by atoms with van der Waals surface area (Å²) >= 11 is 0. The van der Waals surface area contributed by atoms with Crippen molar-refractivity contribution in [2.45, 2.75) is 38.6 Å². The summed E-state index contributed by atoms with van der Waals surface area (Å²) in [5.41, 5.74) is 1.38. The van der Waals surface area contributed by atoms with Gasteiger partial charge in [0.2, 0.25) is 0 Å². The van der Waals surface area contributed by atoms with Gasteiger partial charge in [-0.15, -0.1) is 0 Å². The zero-order chi connectivity index (χ0) is 15.5. The van der Waals surface area contributed by atoms with Crippen LogP contribution in [0, 0.1) is 5.92 Å². The molecule has 1 atom stereocenters. The predicted molar refractivity (Wildman–Crippen MR) is 82.2 cm³/mol. The first-order valence-corrected chi connectivity index (χ1v) is 7.77. The van der Waals surface area contributed by atoms with Crippen LogP contribution in [0.2, 0.25) is 0 Å². The molecule has 6 nitrogen and oxygen atoms in total. The minimum Gasteiger partial charge on any atom is -0.342 e. The number of nitrogens with zero attached hydrogens (tertiary/aromatic N) is 4. The number of hydrogen-bond acceptors (Lipinski definition) is 4. The van der Waals surface area contributed by atoms with Crippen LogP contribution in [0.1, 0.15) is 54.1 Å². The molecule has 0 spiro atoms. The van der Waals surface area contributed by atoms with Gasteiger partial charge in [0.15, 0.2) is 0 Å². The van der Waals surface area contributed by atoms with Crippen LogP contribution in [0.25, 0.3) is 0 Å². The lowest BCUT2D eigenvalue weighted by Gasteiger charge is -2.18. The fraction of sp³-hybridized carbons (Fsp3) is 0.500. The SMILES string of the molecule is CCCc1ncncc1C(=O)N[C@H](c1nccn1C)C1CC1. The highest BCUT2D eigenvalue weighted by Crippen LogP contribution is 2.40. The molecule has 0 aromatic carbocycles. The number of aromatic nitrogens is 4. The molecular formula is C16H21N5O. The minimum absolute atomic E-state index is 0.0396. The van der Waals surface area contributed by atoms with Gasteiger partial charge in [-0.1, -0.05) is 13.3 Å². The monoisotopic (exact) mass is 299 g/mol. The summed E-state index contributed by atoms with van der Waals surface area (Å²) in [6, 6.07) is -0.0396. The number of rotatable bonds is 6. The normalized spacial score (nSPS) is 15.5. The van der Waals surface area contributed by atoms with E-state index >= 15 is 0 Å². The molecule has 1 fully saturated rings. The number of carbonyl (C=O) groups excluding carboxylic acids is 1. The molecule has 0 radical (unpaired) electrons. The van der Waals surface area contributed by atoms with Crippen LogP contribution in [-0.4, -0.2) is 25.4 Å². The molecule has 2 aromatic rings. The standard InChI is InChI=1S/C16H21N5O/c1-3-4-13-12(9-17-10-19-13)16(22)20-14(11-5-6-11)15-18-7-8-21(15)2/h7-11,14H,3-6H2,1-2H3,(H,20,22)/t14-/m0/s1. The Balaban J connectivity index is 1.82. The van der Waals surface area contributed by atoms with Crippen LogP contribution < -0.4 is 5.32 Å². The highest BCUT2D eigenvalue weighted by atomic mass is 16.1. The molecule has 1 aliphatic carbocycles. The van der Waals surface area contributed by atoms with Gasteiger partial charge >= 0.3 is 0 Å². The molecule has 0 aliphatic heterocycles. The summed E-state index contributed by atoms with van der Waals surface area (Å²) in [5.74, 6) is 1.28. The van der Waals surface area contributed by atoms with E-state index in [1.165, 1.54) is 6.33 Å². The van der Waals surface area contributed by atoms with E-state index in [9.17, 15) is 4.79 Å². The van der Waals surface area contributed by atoms with Crippen LogP contribution >= 0.6 is 0 Å². The van der Waals surface area contributed by atoms with Gasteiger partial charge in [-0.2, -0.15) is 0 Å². The second-order valence-corrected chi connectivity index (χ2v) is 5.82. The van der Waals surface area contributed by atoms with Gasteiger partial charge in [-0.3, -0.25) is 4.79 Å². The maximum Gasteiger partial charge on any atom is 0.255 e. The van der Waals surface area contributed by atoms with Crippen molar-refractivity contribution in [3.63, 3.8) is 0 Å². The van der Waals surface area contributed by atoms with E-state index in [1.807, 2.05) is 17.8 Å². The topological polar surface area (TPSA) is 72.7 Å². The molecule has 3 rings (SSSR count). The first kappa shape index (κ1) is 14.7. The van der Waals surface area contributed by atoms with Crippen LogP contribution in [0.4, 0.5) is 0 Å². The number of imidazole rings is 1. The van der Waals surface area contributed by atoms with Crippen molar-refractivity contribution in [3.8, 4) is 0 Å². The summed E-state index contributed by atoms with van der Waals surface area (Å²) < 4.78 is 1.97. The Morgan fingerprint density at radius 3 is 2.91 bits per heavy atom. The van der Waals surface area contributed by atoms with Crippen LogP contribution in [-0.2, 0) is 13.5 Å². The first-order valence-electron chi connectivity index (χ1n) is 7.77. The third kappa shape index (κ3) is 3.00. The molecule has 116 valence electrons. The molecule has 1 aliphatic rings. The lowest BCUT2D eigenvalue weighted by molar-refractivity contribution is 0.0927. The van der Waals surface area contributed by atoms with Gasteiger partial charge in [-0.25, -0.2) is 15.0 Å². The Kier molecular flexibility index (Phi) is 4.18. The molecule has 0 unspecified atom stereocenters. The summed E-state index contributed by atoms with van der Waals surface area (Å²) in [7, 11) is 1.96. The van der Waals surface area contributed by atoms with Gasteiger partial charge in [0.05, 0.1) is 17.3 Å². The van der Waals surface area contributed by atoms with E-state index in [-0.39, 0.29) is 11.9 Å². The molecule has 2 aromatic heterocycles. The second kappa shape index (κ2) is 6.25. The summed E-state index contributed by atoms with van der Waals surface area (Å²) in [4.78, 5) is 25.3. The fourth-order valence-electron chi connectivity index (χ4n) is 2.70. The van der Waals surface area contributed by atoms with Gasteiger partial charge < -0.3 is 9.88 Å². The van der Waals surface area contributed by atoms with Crippen molar-refractivity contribution >= 4 is 5.91 Å². The van der Waals surface area contributed by atoms with Crippen molar-refractivity contribution in [2.75, 3.05) is 0 Å². The Morgan fingerprint density at radius 1 is 1.45 bits per heavy atom. The second-order valence-electron chi connectivity index (χ2n) is 5.82. The van der Waals surface area contributed by atoms with Gasteiger partial charge in [0, 0.05) is 25.6 Å². The van der Waals surface area contributed by atoms with Crippen LogP contribution in [0.5, 0.6) is 0 Å². The van der Waals surface area contributed by atoms with Crippen molar-refractivity contribution in [1.82, 2.24) is 24.8 Å². The highest BCUT2D eigenvalue weighted by Gasteiger charge is 2.36. The number of amides is 1. The summed E-state index contributed by atoms with van der Waals surface area (Å²) in [6.07, 6.45) is 10.8. The predicted octanol–water partition coefficient (Wildman–Crippen LogP) is 2.04. The van der Waals surface area contributed by atoms with E-state index in [2.05, 4.69) is 27.2 Å². The fourth-order valence-corrected chi connectivity index (χ4v) is 2.70. The van der Waals surface area contributed by atoms with Gasteiger partial charge in [0.25, 0.3) is 5.91 Å². The third-order valence-corrected chi connectivity index (χ3v) is 4.04. The lowest BCUT2D eigenvalue weighted by atomic mass is 10.1. The van der Waals surface area contributed by atoms with Crippen LogP contribution in [0.3, 0.4) is 0 Å². The highest BCUT2D eigenvalue weighted by molar-refractivity contribution is 5.95. The molecule has 22 heavy (non-hydrogen) atoms. The van der Waals surface area contributed by atoms with E-state index in [0.29, 0.717) is 11.5 Å². The van der Waals surface area contributed by atoms with Crippen molar-refractivity contribution in [2.24, 2.45) is 13.0 Å². The number of hydrogen-bond donors (Lipinski definition) is 1. The van der Waals surface area contributed by atoms with Gasteiger partial charge in [-0.05, 0) is 25.2 Å². The van der Waals surface area contributed by atoms with E-state index < -0.39 is 0 Å². The lowest BCUT2D eigenvalue weighted by Crippen LogP contribution is -2.32. The molecular weight excluding hydrogens is 278 g/mol. The Hall–Kier alpha value is -2.24. The molecule has 6 heteroatoms. The Bertz CT molecular complexity index is 662. The van der Waals surface area contributed by atoms with Crippen LogP contribution in [0.15, 0.2) is 24.9 Å². The molecule has 1 amide bonds. The molecule has 2 heterocycles. The zero-order valence-electron chi connectivity index (χ0n) is 13.0. The van der Waals surface area contributed by atoms with Crippen molar-refractivity contribution < 1.29 is 4.79 Å². The van der Waals surface area contributed by atoms with E-state index in [4.69, 9.17) is 0 Å². The molecule has 0 saturated heterocycles. The molecule has 1 saturated carbocycles. The smallest absolute Gasteiger partial charge is 0.255 e. The van der Waals surface area contributed by atoms with E-state index in [0.717, 1.165) is 37.2 Å². The van der Waals surface area contributed by atoms with Crippen molar-refractivity contribution in [1.29, 1.82) is 0 Å². The number of aryl methyl sites for hydroxylation is 2. The summed E-state index contributed by atoms with van der Waals surface area (Å²) in [6.45, 7) is 2.07. The van der Waals surface area contributed by atoms with E-state index in [1.54, 1.807) is 12.4 Å². The average Bonchev–Trinajstić information content (AvgIpc) is 3.27. The molecule has 1 N–H and O–H groups in total. The zero-order valence-corrected chi connectivity index (χ0v) is 13.0. The quantitative estimate of drug-likeness (QED) is 0.886. The number of carbonyl (C=O) groups is 1. The third-order valence-electron chi connectivity index (χ3n) is 4.04. The average molecular weight is 299 g/mol. The maximum absolute atomic E-state index is 12.7. The largest absolute Gasteiger partial charge is 0.342 e. The Morgan fingerprint density at radius 2 is 2.27 bits per heavy atom. The summed E-state index contributed by atoms with van der Waals surface area (Å²) in [5, 5.41) is 3.14. The first-order chi connectivity index (χ1) is 10.7. The Labute approximate surface area is 130 Å². The number of nitrogens with one attached hydrogen (secondary N) is 1. The van der Waals surface area contributed by atoms with Crippen molar-refractivity contribution in [3.05, 3.63) is 42.0 Å². The molecule has 0 bridgehead atoms.